The molecule has 0 N–H and O–H groups in total. The molecule has 0 spiro atoms. The standard InChI is InChI=1S/C38H40N2O6/c1-39-12-10-24-18-33-34-20-26(24)29(39)16-22-6-8-31(41-3)27(14-22)28-15-23(7-9-32(28)42-4)17-30-36-25(11-13-40(30)2)19-35(43-5)37(38(36)46-34)45-21-44-33/h6-9,14-15,18-20,29-30H,10-13,16-17,21H2,1-5H3/t29-,30+/m1/s1. The van der Waals surface area contributed by atoms with Gasteiger partial charge in [-0.1, -0.05) is 12.1 Å². The predicted molar refractivity (Wildman–Crippen MR) is 176 cm³/mol. The Morgan fingerprint density at radius 3 is 1.93 bits per heavy atom. The summed E-state index contributed by atoms with van der Waals surface area (Å²) in [6, 6.07) is 19.7. The number of rotatable bonds is 3. The molecular weight excluding hydrogens is 580 g/mol. The zero-order valence-electron chi connectivity index (χ0n) is 27.1. The summed E-state index contributed by atoms with van der Waals surface area (Å²) < 4.78 is 37.3. The third-order valence-electron chi connectivity index (χ3n) is 10.3. The molecule has 4 aliphatic heterocycles. The van der Waals surface area contributed by atoms with Crippen LogP contribution in [0.1, 0.15) is 45.5 Å². The van der Waals surface area contributed by atoms with Gasteiger partial charge in [0.1, 0.15) is 11.5 Å². The average molecular weight is 621 g/mol. The first-order valence-corrected chi connectivity index (χ1v) is 16.0. The number of ether oxygens (including phenoxy) is 6. The van der Waals surface area contributed by atoms with E-state index in [4.69, 9.17) is 28.4 Å². The van der Waals surface area contributed by atoms with Crippen LogP contribution in [0.25, 0.3) is 11.1 Å². The first-order valence-electron chi connectivity index (χ1n) is 16.0. The monoisotopic (exact) mass is 620 g/mol. The van der Waals surface area contributed by atoms with Crippen LogP contribution in [0.3, 0.4) is 0 Å². The molecule has 0 fully saturated rings. The molecule has 4 aliphatic rings. The number of methoxy groups -OCH3 is 3. The van der Waals surface area contributed by atoms with Crippen LogP contribution in [-0.4, -0.2) is 65.1 Å². The smallest absolute Gasteiger partial charge is 0.231 e. The van der Waals surface area contributed by atoms with E-state index in [2.05, 4.69) is 78.5 Å². The van der Waals surface area contributed by atoms with Crippen molar-refractivity contribution in [2.75, 3.05) is 55.3 Å². The summed E-state index contributed by atoms with van der Waals surface area (Å²) in [5.41, 5.74) is 9.36. The van der Waals surface area contributed by atoms with E-state index < -0.39 is 0 Å². The van der Waals surface area contributed by atoms with Gasteiger partial charge in [0.15, 0.2) is 23.0 Å². The Bertz CT molecular complexity index is 1840. The van der Waals surface area contributed by atoms with Crippen LogP contribution >= 0.6 is 0 Å². The van der Waals surface area contributed by atoms with Crippen molar-refractivity contribution in [1.29, 1.82) is 0 Å². The Balaban J connectivity index is 1.41. The van der Waals surface area contributed by atoms with E-state index >= 15 is 0 Å². The number of nitrogens with zero attached hydrogens (tertiary/aromatic N) is 2. The van der Waals surface area contributed by atoms with E-state index in [1.54, 1.807) is 21.3 Å². The lowest BCUT2D eigenvalue weighted by molar-refractivity contribution is 0.101. The van der Waals surface area contributed by atoms with Crippen LogP contribution in [-0.2, 0) is 25.7 Å². The lowest BCUT2D eigenvalue weighted by Gasteiger charge is -2.38. The van der Waals surface area contributed by atoms with Crippen LogP contribution in [0.5, 0.6) is 40.2 Å². The number of fused-ring (bicyclic) bond motifs is 5. The lowest BCUT2D eigenvalue weighted by Crippen LogP contribution is -2.34. The molecule has 46 heavy (non-hydrogen) atoms. The Morgan fingerprint density at radius 2 is 1.26 bits per heavy atom. The quantitative estimate of drug-likeness (QED) is 0.249. The normalized spacial score (nSPS) is 20.0. The molecule has 0 radical (unpaired) electrons. The predicted octanol–water partition coefficient (Wildman–Crippen LogP) is 6.76. The van der Waals surface area contributed by atoms with Gasteiger partial charge in [-0.05, 0) is 110 Å². The van der Waals surface area contributed by atoms with Gasteiger partial charge in [0, 0.05) is 41.9 Å². The minimum atomic E-state index is 0.0368. The molecule has 8 heteroatoms. The van der Waals surface area contributed by atoms with Gasteiger partial charge >= 0.3 is 0 Å². The molecule has 0 unspecified atom stereocenters. The molecule has 0 aliphatic carbocycles. The highest BCUT2D eigenvalue weighted by Crippen LogP contribution is 2.53. The highest BCUT2D eigenvalue weighted by Gasteiger charge is 2.36. The summed E-state index contributed by atoms with van der Waals surface area (Å²) in [7, 11) is 9.56. The summed E-state index contributed by atoms with van der Waals surface area (Å²) >= 11 is 0. The SMILES string of the molecule is COc1ccc2cc1-c1cc(ccc1OC)C[C@H]1c3c(cc(OC)c4c3Oc3cc5c(cc3OCO4)CCN(C)[C@@H]5C2)CCN1C. The van der Waals surface area contributed by atoms with E-state index in [1.165, 1.54) is 27.8 Å². The van der Waals surface area contributed by atoms with Crippen molar-refractivity contribution in [3.05, 3.63) is 88.0 Å². The van der Waals surface area contributed by atoms with Gasteiger partial charge in [-0.2, -0.15) is 0 Å². The van der Waals surface area contributed by atoms with Gasteiger partial charge in [-0.3, -0.25) is 9.80 Å². The van der Waals surface area contributed by atoms with Crippen molar-refractivity contribution in [1.82, 2.24) is 9.80 Å². The topological polar surface area (TPSA) is 61.9 Å². The molecule has 7 bridgehead atoms. The van der Waals surface area contributed by atoms with Crippen molar-refractivity contribution in [3.8, 4) is 51.4 Å². The van der Waals surface area contributed by atoms with Crippen LogP contribution in [0.2, 0.25) is 0 Å². The van der Waals surface area contributed by atoms with Crippen molar-refractivity contribution in [2.24, 2.45) is 0 Å². The summed E-state index contributed by atoms with van der Waals surface area (Å²) in [6.07, 6.45) is 3.42. The Hall–Kier alpha value is -4.40. The maximum absolute atomic E-state index is 7.00. The van der Waals surface area contributed by atoms with Crippen molar-refractivity contribution < 1.29 is 28.4 Å². The number of benzene rings is 4. The zero-order chi connectivity index (χ0) is 31.5. The van der Waals surface area contributed by atoms with Crippen LogP contribution in [0.15, 0.2) is 54.6 Å². The number of hydrogen-bond acceptors (Lipinski definition) is 8. The number of hydrogen-bond donors (Lipinski definition) is 0. The maximum atomic E-state index is 7.00. The van der Waals surface area contributed by atoms with Gasteiger partial charge in [0.05, 0.1) is 21.3 Å². The Labute approximate surface area is 270 Å². The maximum Gasteiger partial charge on any atom is 0.231 e. The third kappa shape index (κ3) is 4.74. The fourth-order valence-electron chi connectivity index (χ4n) is 7.76. The van der Waals surface area contributed by atoms with E-state index in [-0.39, 0.29) is 18.9 Å². The van der Waals surface area contributed by atoms with Crippen molar-refractivity contribution >= 4 is 0 Å². The highest BCUT2D eigenvalue weighted by atomic mass is 16.7. The Morgan fingerprint density at radius 1 is 0.630 bits per heavy atom. The minimum absolute atomic E-state index is 0.0368. The second kappa shape index (κ2) is 11.4. The molecular formula is C38H40N2O6. The first kappa shape index (κ1) is 29.0. The largest absolute Gasteiger partial charge is 0.496 e. The summed E-state index contributed by atoms with van der Waals surface area (Å²) in [5, 5.41) is 0. The highest BCUT2D eigenvalue weighted by molar-refractivity contribution is 5.77. The van der Waals surface area contributed by atoms with Gasteiger partial charge in [0.25, 0.3) is 0 Å². The Kier molecular flexibility index (Phi) is 7.22. The molecule has 4 heterocycles. The molecule has 238 valence electrons. The van der Waals surface area contributed by atoms with Crippen LogP contribution in [0, 0.1) is 0 Å². The molecule has 0 saturated carbocycles. The van der Waals surface area contributed by atoms with Gasteiger partial charge in [-0.25, -0.2) is 0 Å². The molecule has 0 saturated heterocycles. The molecule has 4 aromatic rings. The van der Waals surface area contributed by atoms with Crippen LogP contribution < -0.4 is 28.4 Å². The molecule has 2 atom stereocenters. The van der Waals surface area contributed by atoms with Gasteiger partial charge in [0.2, 0.25) is 12.5 Å². The second-order valence-electron chi connectivity index (χ2n) is 12.8. The molecule has 0 aromatic heterocycles. The molecule has 8 rings (SSSR count). The molecule has 4 aromatic carbocycles. The molecule has 0 amide bonds. The first-order chi connectivity index (χ1) is 22.4. The van der Waals surface area contributed by atoms with Crippen molar-refractivity contribution in [3.63, 3.8) is 0 Å². The van der Waals surface area contributed by atoms with E-state index in [9.17, 15) is 0 Å². The minimum Gasteiger partial charge on any atom is -0.496 e. The summed E-state index contributed by atoms with van der Waals surface area (Å²) in [4.78, 5) is 4.86. The van der Waals surface area contributed by atoms with Crippen molar-refractivity contribution in [2.45, 2.75) is 37.8 Å². The summed E-state index contributed by atoms with van der Waals surface area (Å²) in [6.45, 7) is 1.94. The second-order valence-corrected chi connectivity index (χ2v) is 12.8. The number of likely N-dealkylation sites (N-methyl/N-ethyl adjacent to an activating group) is 2. The fourth-order valence-corrected chi connectivity index (χ4v) is 7.76. The van der Waals surface area contributed by atoms with Crippen LogP contribution in [0.4, 0.5) is 0 Å². The zero-order valence-corrected chi connectivity index (χ0v) is 27.1. The van der Waals surface area contributed by atoms with Gasteiger partial charge < -0.3 is 28.4 Å². The third-order valence-corrected chi connectivity index (χ3v) is 10.3. The van der Waals surface area contributed by atoms with E-state index in [0.717, 1.165) is 67.0 Å². The molecule has 8 nitrogen and oxygen atoms in total. The van der Waals surface area contributed by atoms with E-state index in [1.807, 2.05) is 0 Å². The average Bonchev–Trinajstić information content (AvgIpc) is 3.06. The van der Waals surface area contributed by atoms with E-state index in [0.29, 0.717) is 28.7 Å². The fraction of sp³-hybridized carbons (Fsp3) is 0.368. The van der Waals surface area contributed by atoms with Gasteiger partial charge in [-0.15, -0.1) is 0 Å². The summed E-state index contributed by atoms with van der Waals surface area (Å²) in [5.74, 6) is 5.01. The lowest BCUT2D eigenvalue weighted by atomic mass is 9.86.